The molecule has 61 heavy (non-hydrogen) atoms. The van der Waals surface area contributed by atoms with E-state index in [0.29, 0.717) is 41.5 Å². The molecule has 0 aromatic heterocycles. The van der Waals surface area contributed by atoms with Crippen LogP contribution in [-0.4, -0.2) is 112 Å². The Labute approximate surface area is 367 Å². The average Bonchev–Trinajstić information content (AvgIpc) is 3.85. The van der Waals surface area contributed by atoms with E-state index in [4.69, 9.17) is 14.2 Å². The largest absolute Gasteiger partial charge is 0.445 e. The van der Waals surface area contributed by atoms with Crippen molar-refractivity contribution in [2.24, 2.45) is 0 Å². The van der Waals surface area contributed by atoms with Crippen LogP contribution in [0, 0.1) is 0 Å². The van der Waals surface area contributed by atoms with Crippen molar-refractivity contribution in [2.45, 2.75) is 51.0 Å². The Hall–Kier alpha value is -6.17. The van der Waals surface area contributed by atoms with E-state index in [9.17, 15) is 38.7 Å². The fourth-order valence-electron chi connectivity index (χ4n) is 6.89. The van der Waals surface area contributed by atoms with Crippen molar-refractivity contribution < 1.29 is 52.9 Å². The van der Waals surface area contributed by atoms with Crippen LogP contribution >= 0.6 is 27.0 Å². The molecule has 4 aromatic carbocycles. The minimum absolute atomic E-state index is 0. The molecular formula is C44H48N4O11S2. The molecule has 15 nitrogen and oxygen atoms in total. The number of benzene rings is 4. The number of nitrogens with zero attached hydrogens (tertiary/aromatic N) is 4. The number of likely N-dealkylation sites (N-methyl/N-ethyl adjacent to an activating group) is 1. The van der Waals surface area contributed by atoms with Crippen molar-refractivity contribution in [3.8, 4) is 0 Å². The summed E-state index contributed by atoms with van der Waals surface area (Å²) < 4.78 is 15.6. The summed E-state index contributed by atoms with van der Waals surface area (Å²) in [5.74, 6) is -1.81. The highest BCUT2D eigenvalue weighted by atomic mass is 32.1. The minimum Gasteiger partial charge on any atom is -0.445 e. The normalized spacial score (nSPS) is 15.4. The number of imide groups is 2. The second-order valence-electron chi connectivity index (χ2n) is 14.0. The fourth-order valence-corrected chi connectivity index (χ4v) is 6.89. The lowest BCUT2D eigenvalue weighted by Gasteiger charge is -2.26. The first-order valence-corrected chi connectivity index (χ1v) is 19.2. The van der Waals surface area contributed by atoms with Crippen LogP contribution in [-0.2, 0) is 32.2 Å². The molecule has 4 aromatic rings. The number of hydrogen-bond acceptors (Lipinski definition) is 11. The van der Waals surface area contributed by atoms with Gasteiger partial charge < -0.3 is 24.2 Å². The number of rotatable bonds is 14. The first kappa shape index (κ1) is 47.5. The number of aliphatic hydroxyl groups is 1. The van der Waals surface area contributed by atoms with Gasteiger partial charge >= 0.3 is 18.2 Å². The number of ether oxygens (including phenoxy) is 3. The lowest BCUT2D eigenvalue weighted by Crippen LogP contribution is -2.40. The summed E-state index contributed by atoms with van der Waals surface area (Å²) in [6.07, 6.45) is 0.331. The molecule has 0 saturated carbocycles. The molecule has 0 bridgehead atoms. The third-order valence-corrected chi connectivity index (χ3v) is 10.2. The lowest BCUT2D eigenvalue weighted by atomic mass is 10.1. The van der Waals surface area contributed by atoms with E-state index in [0.717, 1.165) is 11.1 Å². The third-order valence-electron chi connectivity index (χ3n) is 10.2. The van der Waals surface area contributed by atoms with Gasteiger partial charge in [0.2, 0.25) is 0 Å². The average molecular weight is 873 g/mol. The Kier molecular flexibility index (Phi) is 17.5. The summed E-state index contributed by atoms with van der Waals surface area (Å²) in [7, 11) is 1.57. The van der Waals surface area contributed by atoms with Crippen LogP contribution < -0.4 is 0 Å². The maximum absolute atomic E-state index is 12.4. The molecule has 0 radical (unpaired) electrons. The fraction of sp³-hybridized carbons (Fsp3) is 0.295. The lowest BCUT2D eigenvalue weighted by molar-refractivity contribution is -0.139. The summed E-state index contributed by atoms with van der Waals surface area (Å²) >= 11 is 0. The van der Waals surface area contributed by atoms with Crippen LogP contribution in [0.25, 0.3) is 0 Å². The van der Waals surface area contributed by atoms with E-state index in [1.54, 1.807) is 55.6 Å². The van der Waals surface area contributed by atoms with Crippen LogP contribution in [0.1, 0.15) is 78.2 Å². The Bertz CT molecular complexity index is 2120. The first-order chi connectivity index (χ1) is 28.6. The maximum atomic E-state index is 12.4. The molecule has 6 amide bonds. The predicted molar refractivity (Wildman–Crippen MR) is 231 cm³/mol. The van der Waals surface area contributed by atoms with Crippen LogP contribution in [0.15, 0.2) is 109 Å². The highest BCUT2D eigenvalue weighted by molar-refractivity contribution is 7.59. The molecular weight excluding hydrogens is 825 g/mol. The third kappa shape index (κ3) is 11.4. The monoisotopic (exact) mass is 872 g/mol. The zero-order chi connectivity index (χ0) is 41.9. The van der Waals surface area contributed by atoms with Gasteiger partial charge in [-0.1, -0.05) is 84.9 Å². The van der Waals surface area contributed by atoms with Crippen molar-refractivity contribution in [1.29, 1.82) is 0 Å². The molecule has 7 rings (SSSR count). The first-order valence-electron chi connectivity index (χ1n) is 19.2. The van der Waals surface area contributed by atoms with Gasteiger partial charge in [0.1, 0.15) is 19.3 Å². The SMILES string of the molecule is CN(C(=O)OCc1ccccc1)[C@H](CO)CCCN1C(=O)c2ccccc2C1=O.O=C1OCN(C(=O)OCc2ccccc2)[C@H]1CCCN1C(=O)c2ccccc2C1=O.S.S. The zero-order valence-corrected chi connectivity index (χ0v) is 35.4. The van der Waals surface area contributed by atoms with Crippen LogP contribution in [0.2, 0.25) is 0 Å². The molecule has 1 N–H and O–H groups in total. The van der Waals surface area contributed by atoms with Gasteiger partial charge in [-0.2, -0.15) is 27.0 Å². The summed E-state index contributed by atoms with van der Waals surface area (Å²) in [5.41, 5.74) is 3.30. The highest BCUT2D eigenvalue weighted by Crippen LogP contribution is 2.25. The Morgan fingerprint density at radius 1 is 0.672 bits per heavy atom. The van der Waals surface area contributed by atoms with Crippen LogP contribution in [0.4, 0.5) is 9.59 Å². The van der Waals surface area contributed by atoms with Gasteiger partial charge in [-0.15, -0.1) is 0 Å². The molecule has 322 valence electrons. The number of carbonyl (C=O) groups is 7. The van der Waals surface area contributed by atoms with Crippen LogP contribution in [0.3, 0.4) is 0 Å². The van der Waals surface area contributed by atoms with Gasteiger partial charge in [-0.3, -0.25) is 33.9 Å². The number of esters is 1. The number of cyclic esters (lactones) is 1. The number of fused-ring (bicyclic) bond motifs is 2. The van der Waals surface area contributed by atoms with Gasteiger partial charge in [0, 0.05) is 20.1 Å². The smallest absolute Gasteiger partial charge is 0.413 e. The van der Waals surface area contributed by atoms with Crippen LogP contribution in [0.5, 0.6) is 0 Å². The summed E-state index contributed by atoms with van der Waals surface area (Å²) in [6.45, 7) is 0.214. The molecule has 17 heteroatoms. The topological polar surface area (TPSA) is 180 Å². The Balaban J connectivity index is 0.000000260. The molecule has 0 unspecified atom stereocenters. The molecule has 1 fully saturated rings. The second kappa shape index (κ2) is 22.4. The molecule has 2 atom stereocenters. The maximum Gasteiger partial charge on any atom is 0.413 e. The van der Waals surface area contributed by atoms with E-state index in [2.05, 4.69) is 0 Å². The van der Waals surface area contributed by atoms with Crippen molar-refractivity contribution in [3.05, 3.63) is 143 Å². The molecule has 0 spiro atoms. The number of aliphatic hydroxyl groups excluding tert-OH is 1. The summed E-state index contributed by atoms with van der Waals surface area (Å²) in [5, 5.41) is 9.67. The van der Waals surface area contributed by atoms with Crippen molar-refractivity contribution >= 4 is 68.8 Å². The Morgan fingerprint density at radius 2 is 1.10 bits per heavy atom. The van der Waals surface area contributed by atoms with E-state index in [1.807, 2.05) is 60.7 Å². The minimum atomic E-state index is -0.802. The standard InChI is InChI=1S/C22H20N2O6.C22H24N2O5.2H2S/c25-19-16-9-4-5-10-17(16)20(26)23(19)12-6-11-18-21(27)30-14-24(18)22(28)29-13-15-7-2-1-3-8-15;1-23(22(28)29-15-16-8-3-2-4-9-16)17(14-25)10-7-13-24-20(26)18-11-5-6-12-19(18)21(24)27;;/h1-5,7-10,18H,6,11-14H2;2-6,8-9,11-12,17,25H,7,10,13-15H2,1H3;2*1H2/t18-;17-;;/m00../s1. The molecule has 3 aliphatic heterocycles. The molecule has 3 heterocycles. The quantitative estimate of drug-likeness (QED) is 0.0961. The molecule has 0 aliphatic carbocycles. The summed E-state index contributed by atoms with van der Waals surface area (Å²) in [6, 6.07) is 30.7. The van der Waals surface area contributed by atoms with Crippen molar-refractivity contribution in [3.63, 3.8) is 0 Å². The Morgan fingerprint density at radius 3 is 1.56 bits per heavy atom. The van der Waals surface area contributed by atoms with Gasteiger partial charge in [0.05, 0.1) is 34.9 Å². The van der Waals surface area contributed by atoms with Crippen molar-refractivity contribution in [1.82, 2.24) is 19.6 Å². The van der Waals surface area contributed by atoms with E-state index < -0.39 is 30.2 Å². The zero-order valence-electron chi connectivity index (χ0n) is 33.4. The second-order valence-corrected chi connectivity index (χ2v) is 14.0. The summed E-state index contributed by atoms with van der Waals surface area (Å²) in [4.78, 5) is 91.3. The van der Waals surface area contributed by atoms with E-state index in [1.165, 1.54) is 19.6 Å². The van der Waals surface area contributed by atoms with Gasteiger partial charge in [0.25, 0.3) is 23.6 Å². The molecule has 1 saturated heterocycles. The molecule has 3 aliphatic rings. The van der Waals surface area contributed by atoms with Gasteiger partial charge in [-0.25, -0.2) is 14.4 Å². The van der Waals surface area contributed by atoms with E-state index >= 15 is 0 Å². The number of carbonyl (C=O) groups excluding carboxylic acids is 7. The van der Waals surface area contributed by atoms with Crippen molar-refractivity contribution in [2.75, 3.05) is 33.5 Å². The van der Waals surface area contributed by atoms with E-state index in [-0.39, 0.29) is 96.7 Å². The number of hydrogen-bond donors (Lipinski definition) is 1. The highest BCUT2D eigenvalue weighted by Gasteiger charge is 2.40. The predicted octanol–water partition coefficient (Wildman–Crippen LogP) is 5.50. The van der Waals surface area contributed by atoms with Gasteiger partial charge in [-0.05, 0) is 61.1 Å². The number of amides is 6. The van der Waals surface area contributed by atoms with Gasteiger partial charge in [0.15, 0.2) is 6.73 Å².